The summed E-state index contributed by atoms with van der Waals surface area (Å²) >= 11 is 0. The molecule has 0 atom stereocenters. The van der Waals surface area contributed by atoms with Crippen LogP contribution in [0.25, 0.3) is 0 Å². The molecule has 146 valence electrons. The van der Waals surface area contributed by atoms with Crippen molar-refractivity contribution in [3.05, 3.63) is 67.8 Å². The largest absolute Gasteiger partial charge is 0.378 e. The second kappa shape index (κ2) is 8.01. The molecule has 1 heterocycles. The fraction of sp³-hybridized carbons (Fsp3) is 0.278. The SMILES string of the molecule is Cc1c(NC(=O)c2ccc(N3CCOCC3)c([N+](=O)[O-])c2)cccc1[N+](=O)[O-]. The zero-order valence-electron chi connectivity index (χ0n) is 15.1. The van der Waals surface area contributed by atoms with Gasteiger partial charge >= 0.3 is 0 Å². The van der Waals surface area contributed by atoms with Crippen LogP contribution in [-0.2, 0) is 4.74 Å². The van der Waals surface area contributed by atoms with E-state index >= 15 is 0 Å². The van der Waals surface area contributed by atoms with Gasteiger partial charge in [0.2, 0.25) is 0 Å². The third-order valence-electron chi connectivity index (χ3n) is 4.54. The first-order chi connectivity index (χ1) is 13.4. The average Bonchev–Trinajstić information content (AvgIpc) is 2.69. The maximum Gasteiger partial charge on any atom is 0.293 e. The number of anilines is 2. The average molecular weight is 386 g/mol. The molecule has 0 bridgehead atoms. The van der Waals surface area contributed by atoms with Crippen LogP contribution in [0.15, 0.2) is 36.4 Å². The van der Waals surface area contributed by atoms with Gasteiger partial charge in [-0.1, -0.05) is 6.07 Å². The quantitative estimate of drug-likeness (QED) is 0.618. The van der Waals surface area contributed by atoms with Gasteiger partial charge in [-0.2, -0.15) is 0 Å². The number of amides is 1. The molecule has 10 heteroatoms. The molecule has 1 N–H and O–H groups in total. The molecule has 0 radical (unpaired) electrons. The van der Waals surface area contributed by atoms with Gasteiger partial charge in [-0.25, -0.2) is 0 Å². The van der Waals surface area contributed by atoms with E-state index in [2.05, 4.69) is 5.32 Å². The zero-order valence-corrected chi connectivity index (χ0v) is 15.1. The van der Waals surface area contributed by atoms with Crippen molar-refractivity contribution >= 4 is 28.7 Å². The van der Waals surface area contributed by atoms with Crippen molar-refractivity contribution < 1.29 is 19.4 Å². The summed E-state index contributed by atoms with van der Waals surface area (Å²) in [5.74, 6) is -0.583. The topological polar surface area (TPSA) is 128 Å². The molecular weight excluding hydrogens is 368 g/mol. The van der Waals surface area contributed by atoms with Crippen molar-refractivity contribution in [1.82, 2.24) is 0 Å². The second-order valence-electron chi connectivity index (χ2n) is 6.22. The third kappa shape index (κ3) is 3.91. The van der Waals surface area contributed by atoms with E-state index < -0.39 is 15.8 Å². The lowest BCUT2D eigenvalue weighted by molar-refractivity contribution is -0.385. The Kier molecular flexibility index (Phi) is 5.50. The minimum atomic E-state index is -0.583. The molecule has 1 saturated heterocycles. The van der Waals surface area contributed by atoms with Gasteiger partial charge in [-0.3, -0.25) is 25.0 Å². The number of ether oxygens (including phenoxy) is 1. The van der Waals surface area contributed by atoms with E-state index in [1.165, 1.54) is 37.3 Å². The van der Waals surface area contributed by atoms with E-state index in [0.717, 1.165) is 0 Å². The van der Waals surface area contributed by atoms with Crippen molar-refractivity contribution in [3.8, 4) is 0 Å². The maximum atomic E-state index is 12.6. The Morgan fingerprint density at radius 2 is 1.75 bits per heavy atom. The van der Waals surface area contributed by atoms with Crippen LogP contribution >= 0.6 is 0 Å². The lowest BCUT2D eigenvalue weighted by atomic mass is 10.1. The van der Waals surface area contributed by atoms with E-state index in [1.54, 1.807) is 6.07 Å². The molecule has 10 nitrogen and oxygen atoms in total. The number of nitrogens with zero attached hydrogens (tertiary/aromatic N) is 3. The maximum absolute atomic E-state index is 12.6. The molecule has 0 unspecified atom stereocenters. The Balaban J connectivity index is 1.88. The minimum Gasteiger partial charge on any atom is -0.378 e. The van der Waals surface area contributed by atoms with Crippen LogP contribution in [-0.4, -0.2) is 42.1 Å². The smallest absolute Gasteiger partial charge is 0.293 e. The van der Waals surface area contributed by atoms with Gasteiger partial charge in [0.05, 0.1) is 34.3 Å². The van der Waals surface area contributed by atoms with E-state index in [4.69, 9.17) is 4.74 Å². The first-order valence-corrected chi connectivity index (χ1v) is 8.55. The van der Waals surface area contributed by atoms with Crippen molar-refractivity contribution in [2.75, 3.05) is 36.5 Å². The molecule has 0 aromatic heterocycles. The molecule has 0 aliphatic carbocycles. The van der Waals surface area contributed by atoms with Crippen LogP contribution in [0, 0.1) is 27.2 Å². The molecule has 2 aromatic carbocycles. The monoisotopic (exact) mass is 386 g/mol. The van der Waals surface area contributed by atoms with Crippen molar-refractivity contribution in [2.45, 2.75) is 6.92 Å². The van der Waals surface area contributed by atoms with Gasteiger partial charge in [0.15, 0.2) is 0 Å². The number of morpholine rings is 1. The van der Waals surface area contributed by atoms with E-state index in [9.17, 15) is 25.0 Å². The summed E-state index contributed by atoms with van der Waals surface area (Å²) in [5.41, 5.74) is 0.808. The number of hydrogen-bond donors (Lipinski definition) is 1. The minimum absolute atomic E-state index is 0.0922. The summed E-state index contributed by atoms with van der Waals surface area (Å²) in [6.07, 6.45) is 0. The molecule has 2 aromatic rings. The summed E-state index contributed by atoms with van der Waals surface area (Å²) in [7, 11) is 0. The highest BCUT2D eigenvalue weighted by molar-refractivity contribution is 6.05. The Hall–Kier alpha value is -3.53. The van der Waals surface area contributed by atoms with Crippen LogP contribution in [0.4, 0.5) is 22.7 Å². The molecule has 1 aliphatic rings. The van der Waals surface area contributed by atoms with E-state index in [-0.39, 0.29) is 22.6 Å². The van der Waals surface area contributed by atoms with Crippen molar-refractivity contribution in [1.29, 1.82) is 0 Å². The van der Waals surface area contributed by atoms with Crippen molar-refractivity contribution in [2.24, 2.45) is 0 Å². The van der Waals surface area contributed by atoms with Gasteiger partial charge in [0.25, 0.3) is 17.3 Å². The number of carbonyl (C=O) groups is 1. The fourth-order valence-electron chi connectivity index (χ4n) is 3.03. The van der Waals surface area contributed by atoms with Gasteiger partial charge in [0.1, 0.15) is 5.69 Å². The van der Waals surface area contributed by atoms with Crippen LogP contribution in [0.1, 0.15) is 15.9 Å². The predicted molar refractivity (Wildman–Crippen MR) is 102 cm³/mol. The van der Waals surface area contributed by atoms with Gasteiger partial charge in [-0.15, -0.1) is 0 Å². The van der Waals surface area contributed by atoms with Crippen LogP contribution < -0.4 is 10.2 Å². The summed E-state index contributed by atoms with van der Waals surface area (Å²) in [5, 5.41) is 25.1. The Morgan fingerprint density at radius 3 is 2.39 bits per heavy atom. The number of hydrogen-bond acceptors (Lipinski definition) is 7. The van der Waals surface area contributed by atoms with Crippen LogP contribution in [0.5, 0.6) is 0 Å². The molecule has 1 aliphatic heterocycles. The number of benzene rings is 2. The Morgan fingerprint density at radius 1 is 1.07 bits per heavy atom. The van der Waals surface area contributed by atoms with Gasteiger partial charge in [0, 0.05) is 30.8 Å². The van der Waals surface area contributed by atoms with Crippen molar-refractivity contribution in [3.63, 3.8) is 0 Å². The van der Waals surface area contributed by atoms with Gasteiger partial charge < -0.3 is 15.0 Å². The summed E-state index contributed by atoms with van der Waals surface area (Å²) < 4.78 is 5.26. The highest BCUT2D eigenvalue weighted by atomic mass is 16.6. The Labute approximate surface area is 160 Å². The highest BCUT2D eigenvalue weighted by Gasteiger charge is 2.24. The number of nitrogens with one attached hydrogen (secondary N) is 1. The molecule has 1 amide bonds. The standard InChI is InChI=1S/C18H18N4O6/c1-12-14(3-2-4-15(12)21(24)25)19-18(23)13-5-6-16(17(11-13)22(26)27)20-7-9-28-10-8-20/h2-6,11H,7-10H2,1H3,(H,19,23). The number of rotatable bonds is 5. The fourth-order valence-corrected chi connectivity index (χ4v) is 3.03. The Bertz CT molecular complexity index is 940. The molecular formula is C18H18N4O6. The summed E-state index contributed by atoms with van der Waals surface area (Å²) in [6, 6.07) is 8.60. The highest BCUT2D eigenvalue weighted by Crippen LogP contribution is 2.31. The second-order valence-corrected chi connectivity index (χ2v) is 6.22. The van der Waals surface area contributed by atoms with E-state index in [1.807, 2.05) is 4.90 Å². The first-order valence-electron chi connectivity index (χ1n) is 8.55. The number of nitro benzene ring substituents is 2. The summed E-state index contributed by atoms with van der Waals surface area (Å²) in [6.45, 7) is 3.53. The van der Waals surface area contributed by atoms with E-state index in [0.29, 0.717) is 37.6 Å². The molecule has 28 heavy (non-hydrogen) atoms. The predicted octanol–water partition coefficient (Wildman–Crippen LogP) is 2.90. The normalized spacial score (nSPS) is 13.8. The lowest BCUT2D eigenvalue weighted by Gasteiger charge is -2.28. The molecule has 3 rings (SSSR count). The van der Waals surface area contributed by atoms with Gasteiger partial charge in [-0.05, 0) is 25.1 Å². The molecule has 1 fully saturated rings. The zero-order chi connectivity index (χ0) is 20.3. The first kappa shape index (κ1) is 19.2. The third-order valence-corrected chi connectivity index (χ3v) is 4.54. The number of nitro groups is 2. The molecule has 0 saturated carbocycles. The van der Waals surface area contributed by atoms with Crippen LogP contribution in [0.2, 0.25) is 0 Å². The number of carbonyl (C=O) groups excluding carboxylic acids is 1. The van der Waals surface area contributed by atoms with Crippen LogP contribution in [0.3, 0.4) is 0 Å². The molecule has 0 spiro atoms. The summed E-state index contributed by atoms with van der Waals surface area (Å²) in [4.78, 5) is 35.9. The lowest BCUT2D eigenvalue weighted by Crippen LogP contribution is -2.36.